The lowest BCUT2D eigenvalue weighted by Crippen LogP contribution is -2.15. The molecule has 0 amide bonds. The van der Waals surface area contributed by atoms with Crippen molar-refractivity contribution in [3.8, 4) is 16.9 Å². The van der Waals surface area contributed by atoms with Crippen LogP contribution in [-0.2, 0) is 0 Å². The molecule has 0 radical (unpaired) electrons. The van der Waals surface area contributed by atoms with Crippen LogP contribution in [0.2, 0.25) is 0 Å². The molecule has 0 fully saturated rings. The first-order chi connectivity index (χ1) is 13.8. The summed E-state index contributed by atoms with van der Waals surface area (Å²) in [5.74, 6) is 0. The number of hydrogen-bond acceptors (Lipinski definition) is 4. The second kappa shape index (κ2) is 7.09. The number of aryl methyl sites for hydroxylation is 1. The number of nitrogens with one attached hydrogen (secondary N) is 1. The maximum Gasteiger partial charge on any atom is 0.0931 e. The number of thiophene rings is 1. The average molecular weight is 385 g/mol. The van der Waals surface area contributed by atoms with Crippen LogP contribution < -0.4 is 5.43 Å². The quantitative estimate of drug-likeness (QED) is 0.515. The van der Waals surface area contributed by atoms with E-state index in [1.165, 1.54) is 10.4 Å². The first-order valence-corrected chi connectivity index (χ1v) is 10.2. The SMILES string of the molecule is Cc1ccc(-c2cc(C3CC(c4cccs4)=NN3)n(-c3ccccc3)n2)cc1. The van der Waals surface area contributed by atoms with Gasteiger partial charge in [-0.3, -0.25) is 0 Å². The number of rotatable bonds is 4. The molecule has 1 atom stereocenters. The predicted octanol–water partition coefficient (Wildman–Crippen LogP) is 5.35. The van der Waals surface area contributed by atoms with Crippen molar-refractivity contribution in [2.24, 2.45) is 5.10 Å². The van der Waals surface area contributed by atoms with Gasteiger partial charge in [0.2, 0.25) is 0 Å². The van der Waals surface area contributed by atoms with Crippen molar-refractivity contribution in [1.29, 1.82) is 0 Å². The zero-order chi connectivity index (χ0) is 18.9. The van der Waals surface area contributed by atoms with Crippen LogP contribution in [0.5, 0.6) is 0 Å². The highest BCUT2D eigenvalue weighted by atomic mass is 32.1. The molecule has 2 aromatic carbocycles. The summed E-state index contributed by atoms with van der Waals surface area (Å²) in [7, 11) is 0. The van der Waals surface area contributed by atoms with Crippen LogP contribution in [-0.4, -0.2) is 15.5 Å². The summed E-state index contributed by atoms with van der Waals surface area (Å²) < 4.78 is 2.04. The van der Waals surface area contributed by atoms with Crippen LogP contribution in [0.15, 0.2) is 83.3 Å². The molecule has 0 saturated heterocycles. The number of benzene rings is 2. The van der Waals surface area contributed by atoms with E-state index in [-0.39, 0.29) is 6.04 Å². The van der Waals surface area contributed by atoms with Gasteiger partial charge in [0.05, 0.1) is 33.7 Å². The van der Waals surface area contributed by atoms with Crippen molar-refractivity contribution in [3.05, 3.63) is 94.3 Å². The van der Waals surface area contributed by atoms with Crippen molar-refractivity contribution in [2.45, 2.75) is 19.4 Å². The molecule has 3 heterocycles. The second-order valence-corrected chi connectivity index (χ2v) is 7.94. The third-order valence-electron chi connectivity index (χ3n) is 5.00. The number of nitrogens with zero attached hydrogens (tertiary/aromatic N) is 3. The van der Waals surface area contributed by atoms with E-state index in [0.29, 0.717) is 0 Å². The lowest BCUT2D eigenvalue weighted by molar-refractivity contribution is 0.580. The van der Waals surface area contributed by atoms with E-state index in [2.05, 4.69) is 77.4 Å². The standard InChI is InChI=1S/C23H20N4S/c1-16-9-11-17(12-10-16)19-15-22(27(26-19)18-6-3-2-4-7-18)20-14-21(25-24-20)23-8-5-13-28-23/h2-13,15,20,24H,14H2,1H3. The van der Waals surface area contributed by atoms with Gasteiger partial charge in [0.1, 0.15) is 0 Å². The predicted molar refractivity (Wildman–Crippen MR) is 115 cm³/mol. The van der Waals surface area contributed by atoms with Gasteiger partial charge in [-0.05, 0) is 36.6 Å². The Labute approximate surface area is 168 Å². The van der Waals surface area contributed by atoms with Crippen molar-refractivity contribution < 1.29 is 0 Å². The molecule has 0 saturated carbocycles. The lowest BCUT2D eigenvalue weighted by Gasteiger charge is -2.12. The van der Waals surface area contributed by atoms with Gasteiger partial charge in [-0.1, -0.05) is 54.1 Å². The lowest BCUT2D eigenvalue weighted by atomic mass is 10.1. The molecule has 5 heteroatoms. The average Bonchev–Trinajstić information content (AvgIpc) is 3.48. The van der Waals surface area contributed by atoms with Gasteiger partial charge >= 0.3 is 0 Å². The largest absolute Gasteiger partial charge is 0.300 e. The van der Waals surface area contributed by atoms with Crippen LogP contribution >= 0.6 is 11.3 Å². The summed E-state index contributed by atoms with van der Waals surface area (Å²) in [6.07, 6.45) is 0.854. The van der Waals surface area contributed by atoms with Crippen molar-refractivity contribution in [2.75, 3.05) is 0 Å². The van der Waals surface area contributed by atoms with Crippen molar-refractivity contribution in [3.63, 3.8) is 0 Å². The fraction of sp³-hybridized carbons (Fsp3) is 0.130. The van der Waals surface area contributed by atoms with Gasteiger partial charge in [-0.15, -0.1) is 11.3 Å². The smallest absolute Gasteiger partial charge is 0.0931 e. The molecule has 0 aliphatic carbocycles. The minimum atomic E-state index is 0.101. The summed E-state index contributed by atoms with van der Waals surface area (Å²) >= 11 is 1.73. The van der Waals surface area contributed by atoms with Gasteiger partial charge in [0.15, 0.2) is 0 Å². The Balaban J connectivity index is 1.54. The molecule has 4 nitrogen and oxygen atoms in total. The molecular weight excluding hydrogens is 364 g/mol. The van der Waals surface area contributed by atoms with E-state index >= 15 is 0 Å². The summed E-state index contributed by atoms with van der Waals surface area (Å²) in [5, 5.41) is 11.6. The summed E-state index contributed by atoms with van der Waals surface area (Å²) in [6, 6.07) is 25.3. The Hall–Kier alpha value is -3.18. The Bertz CT molecular complexity index is 1110. The topological polar surface area (TPSA) is 42.2 Å². The third-order valence-corrected chi connectivity index (χ3v) is 5.92. The highest BCUT2D eigenvalue weighted by molar-refractivity contribution is 7.12. The minimum absolute atomic E-state index is 0.101. The number of hydrogen-bond donors (Lipinski definition) is 1. The van der Waals surface area contributed by atoms with Crippen LogP contribution in [0, 0.1) is 6.92 Å². The highest BCUT2D eigenvalue weighted by Crippen LogP contribution is 2.31. The first kappa shape index (κ1) is 17.0. The van der Waals surface area contributed by atoms with Crippen LogP contribution in [0.4, 0.5) is 0 Å². The molecule has 1 unspecified atom stereocenters. The zero-order valence-electron chi connectivity index (χ0n) is 15.5. The Morgan fingerprint density at radius 2 is 1.82 bits per heavy atom. The van der Waals surface area contributed by atoms with E-state index in [1.807, 2.05) is 22.9 Å². The van der Waals surface area contributed by atoms with Gasteiger partial charge in [-0.25, -0.2) is 4.68 Å². The molecule has 138 valence electrons. The normalized spacial score (nSPS) is 16.0. The van der Waals surface area contributed by atoms with Gasteiger partial charge in [0, 0.05) is 12.0 Å². The molecule has 0 bridgehead atoms. The van der Waals surface area contributed by atoms with E-state index in [1.54, 1.807) is 11.3 Å². The fourth-order valence-electron chi connectivity index (χ4n) is 3.49. The maximum absolute atomic E-state index is 4.94. The van der Waals surface area contributed by atoms with Gasteiger partial charge < -0.3 is 5.43 Å². The summed E-state index contributed by atoms with van der Waals surface area (Å²) in [4.78, 5) is 1.22. The van der Waals surface area contributed by atoms with Crippen LogP contribution in [0.25, 0.3) is 16.9 Å². The van der Waals surface area contributed by atoms with Crippen LogP contribution in [0.3, 0.4) is 0 Å². The van der Waals surface area contributed by atoms with Gasteiger partial charge in [-0.2, -0.15) is 10.2 Å². The Morgan fingerprint density at radius 1 is 1.00 bits per heavy atom. The fourth-order valence-corrected chi connectivity index (χ4v) is 4.22. The molecule has 1 aliphatic heterocycles. The van der Waals surface area contributed by atoms with E-state index in [9.17, 15) is 0 Å². The number of aromatic nitrogens is 2. The van der Waals surface area contributed by atoms with Crippen molar-refractivity contribution in [1.82, 2.24) is 15.2 Å². The molecule has 4 aromatic rings. The molecule has 28 heavy (non-hydrogen) atoms. The van der Waals surface area contributed by atoms with Crippen molar-refractivity contribution >= 4 is 17.0 Å². The molecular formula is C23H20N4S. The summed E-state index contributed by atoms with van der Waals surface area (Å²) in [5.41, 5.74) is 9.97. The molecule has 1 N–H and O–H groups in total. The Morgan fingerprint density at radius 3 is 2.57 bits per heavy atom. The van der Waals surface area contributed by atoms with E-state index in [0.717, 1.165) is 34.8 Å². The monoisotopic (exact) mass is 384 g/mol. The Kier molecular flexibility index (Phi) is 4.29. The minimum Gasteiger partial charge on any atom is -0.300 e. The first-order valence-electron chi connectivity index (χ1n) is 9.36. The van der Waals surface area contributed by atoms with Gasteiger partial charge in [0.25, 0.3) is 0 Å². The number of para-hydroxylation sites is 1. The second-order valence-electron chi connectivity index (χ2n) is 6.99. The van der Waals surface area contributed by atoms with Crippen LogP contribution in [0.1, 0.15) is 28.6 Å². The molecule has 2 aromatic heterocycles. The molecule has 1 aliphatic rings. The number of hydrazone groups is 1. The third kappa shape index (κ3) is 3.14. The van der Waals surface area contributed by atoms with E-state index in [4.69, 9.17) is 5.10 Å². The maximum atomic E-state index is 4.94. The summed E-state index contributed by atoms with van der Waals surface area (Å²) in [6.45, 7) is 2.10. The highest BCUT2D eigenvalue weighted by Gasteiger charge is 2.26. The molecule has 5 rings (SSSR count). The molecule has 0 spiro atoms. The zero-order valence-corrected chi connectivity index (χ0v) is 16.4. The van der Waals surface area contributed by atoms with E-state index < -0.39 is 0 Å².